The number of aromatic nitrogens is 1. The molecule has 0 aliphatic carbocycles. The van der Waals surface area contributed by atoms with E-state index >= 15 is 0 Å². The van der Waals surface area contributed by atoms with Crippen molar-refractivity contribution < 1.29 is 17.9 Å². The van der Waals surface area contributed by atoms with E-state index in [9.17, 15) is 13.2 Å². The number of sulfonamides is 1. The molecule has 0 fully saturated rings. The topological polar surface area (TPSA) is 85.4 Å². The number of nitrogens with zero attached hydrogens (tertiary/aromatic N) is 1. The van der Waals surface area contributed by atoms with Crippen LogP contribution < -0.4 is 4.72 Å². The van der Waals surface area contributed by atoms with Crippen LogP contribution in [0.3, 0.4) is 0 Å². The van der Waals surface area contributed by atoms with Crippen molar-refractivity contribution in [1.82, 2.24) is 9.71 Å². The Balaban J connectivity index is 2.90. The Hall–Kier alpha value is -1.18. The second-order valence-electron chi connectivity index (χ2n) is 3.40. The maximum absolute atomic E-state index is 11.9. The highest BCUT2D eigenvalue weighted by molar-refractivity contribution is 7.89. The molecule has 1 N–H and O–H groups in total. The number of halogens is 1. The summed E-state index contributed by atoms with van der Waals surface area (Å²) in [7, 11) is -3.90. The van der Waals surface area contributed by atoms with Crippen LogP contribution in [0.15, 0.2) is 23.4 Å². The molecule has 1 unspecified atom stereocenters. The summed E-state index contributed by atoms with van der Waals surface area (Å²) in [6.45, 7) is 3.20. The van der Waals surface area contributed by atoms with Gasteiger partial charge in [0.25, 0.3) is 0 Å². The number of nitrogens with one attached hydrogen (secondary N) is 1. The van der Waals surface area contributed by atoms with Gasteiger partial charge in [-0.15, -0.1) is 0 Å². The molecule has 18 heavy (non-hydrogen) atoms. The van der Waals surface area contributed by atoms with Gasteiger partial charge in [0.1, 0.15) is 10.9 Å². The number of ether oxygens (including phenoxy) is 1. The third-order valence-electron chi connectivity index (χ3n) is 2.00. The highest BCUT2D eigenvalue weighted by Gasteiger charge is 2.24. The molecule has 1 atom stereocenters. The summed E-state index contributed by atoms with van der Waals surface area (Å²) in [5.74, 6) is -0.652. The van der Waals surface area contributed by atoms with E-state index < -0.39 is 22.0 Å². The Morgan fingerprint density at radius 2 is 2.28 bits per heavy atom. The van der Waals surface area contributed by atoms with Crippen LogP contribution in [0.1, 0.15) is 13.8 Å². The standard InChI is InChI=1S/C10H13ClN2O4S/c1-3-17-10(14)7(2)13-18(15,16)9-6-12-5-4-8(9)11/h4-7,13H,3H2,1-2H3. The van der Waals surface area contributed by atoms with Gasteiger partial charge in [0.05, 0.1) is 11.6 Å². The first kappa shape index (κ1) is 14.9. The van der Waals surface area contributed by atoms with E-state index in [1.54, 1.807) is 6.92 Å². The van der Waals surface area contributed by atoms with Gasteiger partial charge < -0.3 is 4.74 Å². The molecular formula is C10H13ClN2O4S. The van der Waals surface area contributed by atoms with Crippen LogP contribution in [0.5, 0.6) is 0 Å². The van der Waals surface area contributed by atoms with E-state index in [-0.39, 0.29) is 16.5 Å². The second kappa shape index (κ2) is 6.12. The number of esters is 1. The highest BCUT2D eigenvalue weighted by atomic mass is 35.5. The second-order valence-corrected chi connectivity index (χ2v) is 5.49. The maximum atomic E-state index is 11.9. The largest absolute Gasteiger partial charge is 0.465 e. The van der Waals surface area contributed by atoms with Gasteiger partial charge in [0, 0.05) is 12.4 Å². The van der Waals surface area contributed by atoms with Crippen LogP contribution in [0.4, 0.5) is 0 Å². The molecule has 0 aliphatic heterocycles. The Morgan fingerprint density at radius 3 is 2.83 bits per heavy atom. The molecule has 0 aromatic carbocycles. The zero-order valence-electron chi connectivity index (χ0n) is 9.88. The Morgan fingerprint density at radius 1 is 1.61 bits per heavy atom. The number of hydrogen-bond donors (Lipinski definition) is 1. The summed E-state index contributed by atoms with van der Waals surface area (Å²) in [4.78, 5) is 14.8. The van der Waals surface area contributed by atoms with E-state index in [0.717, 1.165) is 6.20 Å². The minimum absolute atomic E-state index is 0.0357. The fourth-order valence-electron chi connectivity index (χ4n) is 1.17. The fraction of sp³-hybridized carbons (Fsp3) is 0.400. The quantitative estimate of drug-likeness (QED) is 0.817. The number of hydrogen-bond acceptors (Lipinski definition) is 5. The van der Waals surface area contributed by atoms with Gasteiger partial charge in [-0.3, -0.25) is 9.78 Å². The summed E-state index contributed by atoms with van der Waals surface area (Å²) in [6.07, 6.45) is 2.48. The molecule has 100 valence electrons. The third-order valence-corrected chi connectivity index (χ3v) is 4.01. The fourth-order valence-corrected chi connectivity index (χ4v) is 2.80. The zero-order chi connectivity index (χ0) is 13.8. The Bertz CT molecular complexity index is 532. The monoisotopic (exact) mass is 292 g/mol. The summed E-state index contributed by atoms with van der Waals surface area (Å²) < 4.78 is 30.7. The summed E-state index contributed by atoms with van der Waals surface area (Å²) >= 11 is 5.76. The number of rotatable bonds is 5. The minimum atomic E-state index is -3.90. The van der Waals surface area contributed by atoms with E-state index in [1.807, 2.05) is 0 Å². The van der Waals surface area contributed by atoms with E-state index in [1.165, 1.54) is 19.2 Å². The predicted molar refractivity (Wildman–Crippen MR) is 65.7 cm³/mol. The van der Waals surface area contributed by atoms with Crippen molar-refractivity contribution in [3.05, 3.63) is 23.5 Å². The van der Waals surface area contributed by atoms with Gasteiger partial charge in [-0.2, -0.15) is 4.72 Å². The molecule has 0 amide bonds. The van der Waals surface area contributed by atoms with Gasteiger partial charge in [0.2, 0.25) is 10.0 Å². The molecule has 1 rings (SSSR count). The zero-order valence-corrected chi connectivity index (χ0v) is 11.5. The lowest BCUT2D eigenvalue weighted by atomic mass is 10.4. The molecule has 8 heteroatoms. The van der Waals surface area contributed by atoms with Crippen molar-refractivity contribution in [3.8, 4) is 0 Å². The molecule has 1 aromatic heterocycles. The third kappa shape index (κ3) is 3.66. The first-order valence-electron chi connectivity index (χ1n) is 5.17. The van der Waals surface area contributed by atoms with Crippen molar-refractivity contribution in [2.45, 2.75) is 24.8 Å². The summed E-state index contributed by atoms with van der Waals surface area (Å²) in [6, 6.07) is 0.358. The molecule has 0 saturated heterocycles. The van der Waals surface area contributed by atoms with Crippen molar-refractivity contribution in [1.29, 1.82) is 0 Å². The molecule has 0 saturated carbocycles. The summed E-state index contributed by atoms with van der Waals surface area (Å²) in [5.41, 5.74) is 0. The van der Waals surface area contributed by atoms with Gasteiger partial charge in [-0.1, -0.05) is 11.6 Å². The average Bonchev–Trinajstić information content (AvgIpc) is 2.29. The minimum Gasteiger partial charge on any atom is -0.465 e. The van der Waals surface area contributed by atoms with Gasteiger partial charge in [0.15, 0.2) is 0 Å². The highest BCUT2D eigenvalue weighted by Crippen LogP contribution is 2.19. The number of carbonyl (C=O) groups excluding carboxylic acids is 1. The van der Waals surface area contributed by atoms with Crippen LogP contribution in [0.2, 0.25) is 5.02 Å². The Kier molecular flexibility index (Phi) is 5.06. The molecule has 1 aromatic rings. The summed E-state index contributed by atoms with van der Waals surface area (Å²) in [5, 5.41) is 0.0357. The molecule has 0 bridgehead atoms. The van der Waals surface area contributed by atoms with Crippen molar-refractivity contribution in [3.63, 3.8) is 0 Å². The molecule has 0 aliphatic rings. The van der Waals surface area contributed by atoms with E-state index in [4.69, 9.17) is 16.3 Å². The van der Waals surface area contributed by atoms with E-state index in [0.29, 0.717) is 0 Å². The molecular weight excluding hydrogens is 280 g/mol. The average molecular weight is 293 g/mol. The SMILES string of the molecule is CCOC(=O)C(C)NS(=O)(=O)c1cnccc1Cl. The normalized spacial score (nSPS) is 13.1. The molecule has 0 spiro atoms. The first-order chi connectivity index (χ1) is 8.38. The molecule has 1 heterocycles. The van der Waals surface area contributed by atoms with E-state index in [2.05, 4.69) is 9.71 Å². The van der Waals surface area contributed by atoms with Crippen molar-refractivity contribution >= 4 is 27.6 Å². The lowest BCUT2D eigenvalue weighted by molar-refractivity contribution is -0.144. The van der Waals surface area contributed by atoms with Crippen LogP contribution in [0.25, 0.3) is 0 Å². The van der Waals surface area contributed by atoms with Crippen molar-refractivity contribution in [2.24, 2.45) is 0 Å². The van der Waals surface area contributed by atoms with Crippen LogP contribution in [-0.2, 0) is 19.6 Å². The number of pyridine rings is 1. The van der Waals surface area contributed by atoms with Crippen LogP contribution >= 0.6 is 11.6 Å². The predicted octanol–water partition coefficient (Wildman–Crippen LogP) is 0.965. The Labute approximate surface area is 110 Å². The van der Waals surface area contributed by atoms with Crippen LogP contribution in [0, 0.1) is 0 Å². The molecule has 0 radical (unpaired) electrons. The lowest BCUT2D eigenvalue weighted by Gasteiger charge is -2.13. The van der Waals surface area contributed by atoms with Crippen molar-refractivity contribution in [2.75, 3.05) is 6.61 Å². The van der Waals surface area contributed by atoms with Crippen LogP contribution in [-0.4, -0.2) is 32.0 Å². The molecule has 6 nitrogen and oxygen atoms in total. The smallest absolute Gasteiger partial charge is 0.323 e. The first-order valence-corrected chi connectivity index (χ1v) is 7.03. The van der Waals surface area contributed by atoms with Gasteiger partial charge in [-0.05, 0) is 19.9 Å². The van der Waals surface area contributed by atoms with Gasteiger partial charge >= 0.3 is 5.97 Å². The lowest BCUT2D eigenvalue weighted by Crippen LogP contribution is -2.39. The maximum Gasteiger partial charge on any atom is 0.323 e. The van der Waals surface area contributed by atoms with Gasteiger partial charge in [-0.25, -0.2) is 8.42 Å². The number of carbonyl (C=O) groups is 1.